The number of piperidine rings is 1. The number of carbonyl (C=O) groups is 1. The molecule has 0 spiro atoms. The molecule has 5 unspecified atom stereocenters. The molecule has 1 fully saturated rings. The molecule has 5 nitrogen and oxygen atoms in total. The van der Waals surface area contributed by atoms with E-state index >= 15 is 0 Å². The summed E-state index contributed by atoms with van der Waals surface area (Å²) in [5.74, 6) is -0.0640. The molecule has 2 heterocycles. The van der Waals surface area contributed by atoms with Crippen molar-refractivity contribution in [3.8, 4) is 0 Å². The molecule has 1 aliphatic heterocycles. The lowest BCUT2D eigenvalue weighted by atomic mass is 9.72. The van der Waals surface area contributed by atoms with E-state index in [1.165, 1.54) is 27.6 Å². The molecular weight excluding hydrogens is 400 g/mol. The van der Waals surface area contributed by atoms with E-state index in [9.17, 15) is 9.90 Å². The monoisotopic (exact) mass is 432 g/mol. The Hall–Kier alpha value is -2.63. The van der Waals surface area contributed by atoms with E-state index < -0.39 is 12.2 Å². The van der Waals surface area contributed by atoms with Crippen LogP contribution in [-0.4, -0.2) is 52.4 Å². The quantitative estimate of drug-likeness (QED) is 0.620. The van der Waals surface area contributed by atoms with Gasteiger partial charge >= 0.3 is 5.97 Å². The van der Waals surface area contributed by atoms with Gasteiger partial charge in [0.25, 0.3) is 0 Å². The Morgan fingerprint density at radius 1 is 1.16 bits per heavy atom. The minimum absolute atomic E-state index is 0.175. The number of aliphatic hydroxyl groups is 1. The summed E-state index contributed by atoms with van der Waals surface area (Å²) in [7, 11) is 2.13. The van der Waals surface area contributed by atoms with E-state index in [1.807, 2.05) is 0 Å². The van der Waals surface area contributed by atoms with Crippen LogP contribution < -0.4 is 0 Å². The number of aromatic nitrogens is 1. The molecule has 5 heteroatoms. The van der Waals surface area contributed by atoms with Gasteiger partial charge in [0, 0.05) is 42.1 Å². The Balaban J connectivity index is 1.46. The lowest BCUT2D eigenvalue weighted by Crippen LogP contribution is -2.50. The first-order valence-corrected chi connectivity index (χ1v) is 11.7. The summed E-state index contributed by atoms with van der Waals surface area (Å²) < 4.78 is 7.94. The third-order valence-corrected chi connectivity index (χ3v) is 7.43. The van der Waals surface area contributed by atoms with Gasteiger partial charge in [-0.2, -0.15) is 0 Å². The van der Waals surface area contributed by atoms with Crippen LogP contribution >= 0.6 is 0 Å². The second-order valence-electron chi connectivity index (χ2n) is 9.64. The summed E-state index contributed by atoms with van der Waals surface area (Å²) >= 11 is 0. The molecule has 1 aliphatic carbocycles. The van der Waals surface area contributed by atoms with E-state index in [2.05, 4.69) is 71.2 Å². The first-order valence-electron chi connectivity index (χ1n) is 11.7. The molecule has 32 heavy (non-hydrogen) atoms. The first-order chi connectivity index (χ1) is 15.4. The van der Waals surface area contributed by atoms with Gasteiger partial charge < -0.3 is 19.3 Å². The van der Waals surface area contributed by atoms with Gasteiger partial charge in [0.1, 0.15) is 6.10 Å². The average Bonchev–Trinajstić information content (AvgIpc) is 3.13. The number of nitrogens with zero attached hydrogens (tertiary/aromatic N) is 2. The number of hydrogen-bond acceptors (Lipinski definition) is 4. The van der Waals surface area contributed by atoms with Crippen molar-refractivity contribution >= 4 is 16.9 Å². The van der Waals surface area contributed by atoms with Crippen LogP contribution in [0.1, 0.15) is 42.9 Å². The molecule has 168 valence electrons. The number of esters is 1. The zero-order chi connectivity index (χ0) is 22.4. The average molecular weight is 433 g/mol. The van der Waals surface area contributed by atoms with Gasteiger partial charge in [-0.05, 0) is 56.5 Å². The second kappa shape index (κ2) is 8.38. The van der Waals surface area contributed by atoms with E-state index in [0.717, 1.165) is 19.4 Å². The molecule has 0 radical (unpaired) electrons. The standard InChI is InChI=1S/C27H32N2O3/c1-17(30)18(2)32-27(31)21-12-23-22-10-7-11-24-26(22)20(13-25(23)28(3)15-21)16-29(24)14-19-8-5-4-6-9-19/h4-11,16-18,21,23,25,30H,12-15H2,1-3H3. The van der Waals surface area contributed by atoms with Crippen molar-refractivity contribution in [3.63, 3.8) is 0 Å². The van der Waals surface area contributed by atoms with Crippen LogP contribution in [0.25, 0.3) is 10.9 Å². The molecule has 2 aliphatic rings. The number of rotatable bonds is 5. The van der Waals surface area contributed by atoms with Gasteiger partial charge in [-0.25, -0.2) is 0 Å². The van der Waals surface area contributed by atoms with Crippen molar-refractivity contribution in [2.45, 2.75) is 57.4 Å². The van der Waals surface area contributed by atoms with Gasteiger partial charge in [0.15, 0.2) is 0 Å². The Bertz CT molecular complexity index is 1120. The van der Waals surface area contributed by atoms with Gasteiger partial charge in [-0.3, -0.25) is 4.79 Å². The lowest BCUT2D eigenvalue weighted by molar-refractivity contribution is -0.160. The summed E-state index contributed by atoms with van der Waals surface area (Å²) in [5, 5.41) is 11.1. The van der Waals surface area contributed by atoms with Crippen molar-refractivity contribution in [1.82, 2.24) is 9.47 Å². The Kier molecular flexibility index (Phi) is 5.56. The van der Waals surface area contributed by atoms with Crippen LogP contribution in [-0.2, 0) is 22.5 Å². The fraction of sp³-hybridized carbons (Fsp3) is 0.444. The first kappa shape index (κ1) is 21.2. The highest BCUT2D eigenvalue weighted by molar-refractivity contribution is 5.89. The smallest absolute Gasteiger partial charge is 0.310 e. The Morgan fingerprint density at radius 3 is 2.69 bits per heavy atom. The minimum atomic E-state index is -0.664. The van der Waals surface area contributed by atoms with E-state index in [-0.39, 0.29) is 11.9 Å². The molecule has 5 atom stereocenters. The van der Waals surface area contributed by atoms with Gasteiger partial charge in [-0.1, -0.05) is 42.5 Å². The van der Waals surface area contributed by atoms with Crippen LogP contribution in [0, 0.1) is 5.92 Å². The zero-order valence-electron chi connectivity index (χ0n) is 19.1. The number of ether oxygens (including phenoxy) is 1. The molecule has 0 amide bonds. The van der Waals surface area contributed by atoms with E-state index in [4.69, 9.17) is 4.74 Å². The topological polar surface area (TPSA) is 54.7 Å². The van der Waals surface area contributed by atoms with Crippen LogP contribution in [0.5, 0.6) is 0 Å². The molecule has 5 rings (SSSR count). The highest BCUT2D eigenvalue weighted by Gasteiger charge is 2.42. The lowest BCUT2D eigenvalue weighted by Gasteiger charge is -2.45. The number of benzene rings is 2. The maximum Gasteiger partial charge on any atom is 0.310 e. The van der Waals surface area contributed by atoms with Crippen LogP contribution in [0.4, 0.5) is 0 Å². The SMILES string of the molecule is CC(O)C(C)OC(=O)C1CC2c3cccc4c3c(cn4Cc3ccccc3)CC2N(C)C1. The molecule has 0 bridgehead atoms. The largest absolute Gasteiger partial charge is 0.460 e. The fourth-order valence-corrected chi connectivity index (χ4v) is 5.58. The van der Waals surface area contributed by atoms with Crippen molar-refractivity contribution in [2.75, 3.05) is 13.6 Å². The maximum atomic E-state index is 12.9. The molecule has 2 aromatic carbocycles. The van der Waals surface area contributed by atoms with Crippen molar-refractivity contribution in [3.05, 3.63) is 71.4 Å². The maximum absolute atomic E-state index is 12.9. The molecule has 0 saturated carbocycles. The summed E-state index contributed by atoms with van der Waals surface area (Å²) in [6.45, 7) is 4.96. The van der Waals surface area contributed by atoms with Gasteiger partial charge in [0.05, 0.1) is 12.0 Å². The molecule has 1 aromatic heterocycles. The third kappa shape index (κ3) is 3.74. The van der Waals surface area contributed by atoms with Crippen molar-refractivity contribution in [2.24, 2.45) is 5.92 Å². The fourth-order valence-electron chi connectivity index (χ4n) is 5.58. The zero-order valence-corrected chi connectivity index (χ0v) is 19.1. The second-order valence-corrected chi connectivity index (χ2v) is 9.64. The predicted molar refractivity (Wildman–Crippen MR) is 126 cm³/mol. The van der Waals surface area contributed by atoms with Crippen molar-refractivity contribution < 1.29 is 14.6 Å². The number of carbonyl (C=O) groups excluding carboxylic acids is 1. The number of hydrogen-bond donors (Lipinski definition) is 1. The Labute approximate surface area is 189 Å². The number of aliphatic hydroxyl groups excluding tert-OH is 1. The van der Waals surface area contributed by atoms with Gasteiger partial charge in [-0.15, -0.1) is 0 Å². The molecular formula is C27H32N2O3. The molecule has 1 saturated heterocycles. The highest BCUT2D eigenvalue weighted by Crippen LogP contribution is 2.45. The number of fused-ring (bicyclic) bond motifs is 2. The number of likely N-dealkylation sites (tertiary alicyclic amines) is 1. The Morgan fingerprint density at radius 2 is 1.94 bits per heavy atom. The van der Waals surface area contributed by atoms with E-state index in [0.29, 0.717) is 18.5 Å². The molecule has 1 N–H and O–H groups in total. The summed E-state index contributed by atoms with van der Waals surface area (Å²) in [5.41, 5.74) is 5.33. The summed E-state index contributed by atoms with van der Waals surface area (Å²) in [4.78, 5) is 15.2. The van der Waals surface area contributed by atoms with Crippen LogP contribution in [0.3, 0.4) is 0 Å². The predicted octanol–water partition coefficient (Wildman–Crippen LogP) is 3.96. The molecule has 3 aromatic rings. The van der Waals surface area contributed by atoms with Gasteiger partial charge in [0.2, 0.25) is 0 Å². The number of likely N-dealkylation sites (N-methyl/N-ethyl adjacent to an activating group) is 1. The van der Waals surface area contributed by atoms with Crippen molar-refractivity contribution in [1.29, 1.82) is 0 Å². The van der Waals surface area contributed by atoms with Crippen LogP contribution in [0.2, 0.25) is 0 Å². The summed E-state index contributed by atoms with van der Waals surface area (Å²) in [6, 6.07) is 17.6. The van der Waals surface area contributed by atoms with E-state index in [1.54, 1.807) is 13.8 Å². The van der Waals surface area contributed by atoms with Crippen LogP contribution in [0.15, 0.2) is 54.7 Å². The third-order valence-electron chi connectivity index (χ3n) is 7.43. The summed E-state index contributed by atoms with van der Waals surface area (Å²) in [6.07, 6.45) is 2.98. The normalized spacial score (nSPS) is 24.7. The highest BCUT2D eigenvalue weighted by atomic mass is 16.6. The minimum Gasteiger partial charge on any atom is -0.460 e.